The lowest BCUT2D eigenvalue weighted by Crippen LogP contribution is -2.50. The first kappa shape index (κ1) is 13.5. The summed E-state index contributed by atoms with van der Waals surface area (Å²) in [4.78, 5) is 2.92. The maximum Gasteiger partial charge on any atom is 0.244 e. The Labute approximate surface area is 107 Å². The first-order chi connectivity index (χ1) is 8.35. The highest BCUT2D eigenvalue weighted by Gasteiger charge is 2.35. The maximum absolute atomic E-state index is 12.4. The van der Waals surface area contributed by atoms with E-state index in [-0.39, 0.29) is 11.5 Å². The van der Waals surface area contributed by atoms with Gasteiger partial charge >= 0.3 is 0 Å². The van der Waals surface area contributed by atoms with Gasteiger partial charge in [-0.1, -0.05) is 0 Å². The van der Waals surface area contributed by atoms with E-state index >= 15 is 0 Å². The minimum atomic E-state index is -3.51. The molecule has 1 aliphatic rings. The van der Waals surface area contributed by atoms with Crippen molar-refractivity contribution in [2.75, 3.05) is 19.7 Å². The van der Waals surface area contributed by atoms with Crippen LogP contribution in [0.3, 0.4) is 0 Å². The third-order valence-electron chi connectivity index (χ3n) is 2.92. The van der Waals surface area contributed by atoms with Gasteiger partial charge in [-0.05, 0) is 19.9 Å². The highest BCUT2D eigenvalue weighted by molar-refractivity contribution is 7.89. The molecule has 0 spiro atoms. The molecule has 1 fully saturated rings. The van der Waals surface area contributed by atoms with E-state index in [2.05, 4.69) is 4.98 Å². The van der Waals surface area contributed by atoms with Crippen LogP contribution < -0.4 is 0 Å². The van der Waals surface area contributed by atoms with Crippen LogP contribution >= 0.6 is 0 Å². The van der Waals surface area contributed by atoms with Crippen molar-refractivity contribution in [2.24, 2.45) is 0 Å². The van der Waals surface area contributed by atoms with Crippen molar-refractivity contribution in [3.63, 3.8) is 0 Å². The fraction of sp³-hybridized carbons (Fsp3) is 0.636. The summed E-state index contributed by atoms with van der Waals surface area (Å²) in [5.74, 6) is 0. The number of sulfonamides is 1. The van der Waals surface area contributed by atoms with Crippen LogP contribution in [0.1, 0.15) is 19.5 Å². The van der Waals surface area contributed by atoms with E-state index in [9.17, 15) is 8.42 Å². The molecule has 0 atom stereocenters. The number of nitrogens with one attached hydrogen (secondary N) is 1. The summed E-state index contributed by atoms with van der Waals surface area (Å²) in [6.07, 6.45) is 1.41. The van der Waals surface area contributed by atoms with Gasteiger partial charge in [-0.15, -0.1) is 0 Å². The zero-order valence-corrected chi connectivity index (χ0v) is 11.3. The summed E-state index contributed by atoms with van der Waals surface area (Å²) in [6, 6.07) is 1.46. The molecule has 1 aliphatic heterocycles. The number of aliphatic hydroxyl groups excluding tert-OH is 1. The molecule has 6 nitrogen and oxygen atoms in total. The normalized spacial score (nSPS) is 21.1. The third-order valence-corrected chi connectivity index (χ3v) is 4.74. The largest absolute Gasteiger partial charge is 0.390 e. The number of aromatic nitrogens is 1. The van der Waals surface area contributed by atoms with Gasteiger partial charge in [0.2, 0.25) is 10.0 Å². The predicted octanol–water partition coefficient (Wildman–Crippen LogP) is 0.307. The SMILES string of the molecule is CC1(C)CN(S(=O)(=O)c2c[nH]c(CO)c2)CCO1. The van der Waals surface area contributed by atoms with Crippen molar-refractivity contribution < 1.29 is 18.3 Å². The van der Waals surface area contributed by atoms with E-state index in [0.717, 1.165) is 0 Å². The zero-order valence-electron chi connectivity index (χ0n) is 10.5. The Morgan fingerprint density at radius 1 is 1.56 bits per heavy atom. The number of rotatable bonds is 3. The molecule has 7 heteroatoms. The Kier molecular flexibility index (Phi) is 3.50. The van der Waals surface area contributed by atoms with Gasteiger partial charge in [0.05, 0.1) is 23.7 Å². The topological polar surface area (TPSA) is 82.6 Å². The molecule has 2 heterocycles. The fourth-order valence-corrected chi connectivity index (χ4v) is 3.58. The Morgan fingerprint density at radius 3 is 2.83 bits per heavy atom. The van der Waals surface area contributed by atoms with Crippen LogP contribution in [-0.2, 0) is 21.4 Å². The molecule has 0 amide bonds. The van der Waals surface area contributed by atoms with Crippen LogP contribution in [0.2, 0.25) is 0 Å². The number of aromatic amines is 1. The summed E-state index contributed by atoms with van der Waals surface area (Å²) >= 11 is 0. The number of hydrogen-bond donors (Lipinski definition) is 2. The highest BCUT2D eigenvalue weighted by Crippen LogP contribution is 2.23. The van der Waals surface area contributed by atoms with Crippen molar-refractivity contribution in [1.29, 1.82) is 0 Å². The second kappa shape index (κ2) is 4.65. The number of aliphatic hydroxyl groups is 1. The second-order valence-electron chi connectivity index (χ2n) is 4.97. The summed E-state index contributed by atoms with van der Waals surface area (Å²) < 4.78 is 31.7. The Hall–Kier alpha value is -0.890. The van der Waals surface area contributed by atoms with E-state index < -0.39 is 15.6 Å². The molecule has 0 bridgehead atoms. The quantitative estimate of drug-likeness (QED) is 0.831. The van der Waals surface area contributed by atoms with Gasteiger partial charge in [0, 0.05) is 25.0 Å². The molecule has 0 aliphatic carbocycles. The first-order valence-electron chi connectivity index (χ1n) is 5.77. The molecule has 1 aromatic heterocycles. The summed E-state index contributed by atoms with van der Waals surface area (Å²) in [6.45, 7) is 4.60. The van der Waals surface area contributed by atoms with Crippen LogP contribution in [0.25, 0.3) is 0 Å². The van der Waals surface area contributed by atoms with Gasteiger partial charge in [0.1, 0.15) is 0 Å². The average molecular weight is 274 g/mol. The number of hydrogen-bond acceptors (Lipinski definition) is 4. The molecule has 1 aromatic rings. The van der Waals surface area contributed by atoms with Gasteiger partial charge in [0.25, 0.3) is 0 Å². The number of morpholine rings is 1. The van der Waals surface area contributed by atoms with Gasteiger partial charge in [-0.3, -0.25) is 0 Å². The summed E-state index contributed by atoms with van der Waals surface area (Å²) in [5, 5.41) is 8.95. The van der Waals surface area contributed by atoms with Crippen molar-refractivity contribution in [3.05, 3.63) is 18.0 Å². The van der Waals surface area contributed by atoms with Gasteiger partial charge < -0.3 is 14.8 Å². The van der Waals surface area contributed by atoms with Crippen molar-refractivity contribution >= 4 is 10.0 Å². The van der Waals surface area contributed by atoms with E-state index in [4.69, 9.17) is 9.84 Å². The molecule has 1 saturated heterocycles. The molecule has 0 radical (unpaired) electrons. The smallest absolute Gasteiger partial charge is 0.244 e. The predicted molar refractivity (Wildman–Crippen MR) is 65.5 cm³/mol. The van der Waals surface area contributed by atoms with Crippen LogP contribution in [0.5, 0.6) is 0 Å². The van der Waals surface area contributed by atoms with Crippen molar-refractivity contribution in [3.8, 4) is 0 Å². The standard InChI is InChI=1S/C11H18N2O4S/c1-11(2)8-13(3-4-17-11)18(15,16)10-5-9(7-14)12-6-10/h5-6,12,14H,3-4,7-8H2,1-2H3. The first-order valence-corrected chi connectivity index (χ1v) is 7.21. The molecule has 0 aromatic carbocycles. The monoisotopic (exact) mass is 274 g/mol. The average Bonchev–Trinajstić information content (AvgIpc) is 2.76. The van der Waals surface area contributed by atoms with Crippen molar-refractivity contribution in [2.45, 2.75) is 31.0 Å². The van der Waals surface area contributed by atoms with Gasteiger partial charge in [-0.2, -0.15) is 4.31 Å². The number of nitrogens with zero attached hydrogens (tertiary/aromatic N) is 1. The summed E-state index contributed by atoms with van der Waals surface area (Å²) in [5.41, 5.74) is 0.0163. The van der Waals surface area contributed by atoms with E-state index in [1.165, 1.54) is 16.6 Å². The van der Waals surface area contributed by atoms with Gasteiger partial charge in [-0.25, -0.2) is 8.42 Å². The lowest BCUT2D eigenvalue weighted by molar-refractivity contribution is -0.0640. The molecule has 2 rings (SSSR count). The fourth-order valence-electron chi connectivity index (χ4n) is 1.99. The number of ether oxygens (including phenoxy) is 1. The van der Waals surface area contributed by atoms with Crippen LogP contribution in [-0.4, -0.2) is 48.1 Å². The number of H-pyrrole nitrogens is 1. The van der Waals surface area contributed by atoms with E-state index in [1.807, 2.05) is 13.8 Å². The molecule has 18 heavy (non-hydrogen) atoms. The zero-order chi connectivity index (χ0) is 13.4. The maximum atomic E-state index is 12.4. The minimum absolute atomic E-state index is 0.184. The van der Waals surface area contributed by atoms with Crippen LogP contribution in [0.4, 0.5) is 0 Å². The molecular formula is C11H18N2O4S. The molecule has 2 N–H and O–H groups in total. The molecule has 102 valence electrons. The van der Waals surface area contributed by atoms with Gasteiger partial charge in [0.15, 0.2) is 0 Å². The third kappa shape index (κ3) is 2.59. The molecular weight excluding hydrogens is 256 g/mol. The Balaban J connectivity index is 2.25. The Bertz CT molecular complexity index is 521. The minimum Gasteiger partial charge on any atom is -0.390 e. The summed E-state index contributed by atoms with van der Waals surface area (Å²) in [7, 11) is -3.51. The van der Waals surface area contributed by atoms with Crippen molar-refractivity contribution in [1.82, 2.24) is 9.29 Å². The molecule has 0 saturated carbocycles. The highest BCUT2D eigenvalue weighted by atomic mass is 32.2. The van der Waals surface area contributed by atoms with E-state index in [1.54, 1.807) is 0 Å². The van der Waals surface area contributed by atoms with Crippen LogP contribution in [0, 0.1) is 0 Å². The van der Waals surface area contributed by atoms with E-state index in [0.29, 0.717) is 25.4 Å². The Morgan fingerprint density at radius 2 is 2.28 bits per heavy atom. The lowest BCUT2D eigenvalue weighted by atomic mass is 10.1. The van der Waals surface area contributed by atoms with Crippen LogP contribution in [0.15, 0.2) is 17.2 Å². The lowest BCUT2D eigenvalue weighted by Gasteiger charge is -2.37. The second-order valence-corrected chi connectivity index (χ2v) is 6.90. The molecule has 0 unspecified atom stereocenters.